The van der Waals surface area contributed by atoms with Gasteiger partial charge < -0.3 is 20.5 Å². The minimum absolute atomic E-state index is 0. The van der Waals surface area contributed by atoms with Crippen LogP contribution in [0.2, 0.25) is 0 Å². The Kier molecular flexibility index (Phi) is 8.32. The van der Waals surface area contributed by atoms with Crippen molar-refractivity contribution in [1.29, 1.82) is 0 Å². The molecule has 0 bridgehead atoms. The van der Waals surface area contributed by atoms with Gasteiger partial charge in [-0.3, -0.25) is 4.99 Å². The number of hydrogen-bond donors (Lipinski definition) is 3. The number of aromatic nitrogens is 2. The van der Waals surface area contributed by atoms with Crippen LogP contribution in [0.4, 0.5) is 9.52 Å². The van der Waals surface area contributed by atoms with Gasteiger partial charge in [0.25, 0.3) is 0 Å². The van der Waals surface area contributed by atoms with Crippen molar-refractivity contribution >= 4 is 57.3 Å². The molecule has 0 saturated carbocycles. The van der Waals surface area contributed by atoms with Gasteiger partial charge in [0.15, 0.2) is 11.1 Å². The van der Waals surface area contributed by atoms with Gasteiger partial charge >= 0.3 is 0 Å². The summed E-state index contributed by atoms with van der Waals surface area (Å²) < 4.78 is 13.3. The minimum Gasteiger partial charge on any atom is -0.361 e. The zero-order valence-corrected chi connectivity index (χ0v) is 20.2. The standard InChI is InChI=1S/C21H27FN6S.HI/c1-23-20(24-8-6-15-13-26-19-12-16(22)4-5-18(15)19)25-9-7-17-14-29-21(27-17)28-10-2-3-11-28;/h4-5,12-14,26H,2-3,6-11H2,1H3,(H2,23,24,25);1H. The molecule has 2 aromatic heterocycles. The van der Waals surface area contributed by atoms with Gasteiger partial charge in [-0.2, -0.15) is 0 Å². The molecule has 1 aromatic carbocycles. The average molecular weight is 542 g/mol. The summed E-state index contributed by atoms with van der Waals surface area (Å²) in [6.45, 7) is 3.80. The second kappa shape index (κ2) is 10.9. The van der Waals surface area contributed by atoms with E-state index in [0.29, 0.717) is 0 Å². The van der Waals surface area contributed by atoms with E-state index in [9.17, 15) is 4.39 Å². The first kappa shape index (κ1) is 22.8. The molecule has 3 heterocycles. The van der Waals surface area contributed by atoms with Crippen LogP contribution >= 0.6 is 35.3 Å². The largest absolute Gasteiger partial charge is 0.361 e. The number of guanidine groups is 1. The van der Waals surface area contributed by atoms with Crippen molar-refractivity contribution in [1.82, 2.24) is 20.6 Å². The van der Waals surface area contributed by atoms with Crippen LogP contribution in [0.15, 0.2) is 34.8 Å². The summed E-state index contributed by atoms with van der Waals surface area (Å²) in [5.74, 6) is 0.562. The number of aromatic amines is 1. The Morgan fingerprint density at radius 2 is 2.00 bits per heavy atom. The van der Waals surface area contributed by atoms with Crippen molar-refractivity contribution in [2.24, 2.45) is 4.99 Å². The molecule has 0 unspecified atom stereocenters. The maximum Gasteiger partial charge on any atom is 0.190 e. The molecule has 0 aliphatic carbocycles. The van der Waals surface area contributed by atoms with E-state index in [1.54, 1.807) is 18.4 Å². The number of H-pyrrole nitrogens is 1. The van der Waals surface area contributed by atoms with Gasteiger partial charge in [-0.25, -0.2) is 9.37 Å². The SMILES string of the molecule is CN=C(NCCc1csc(N2CCCC2)n1)NCCc1c[nH]c2cc(F)ccc12.I. The molecule has 9 heteroatoms. The van der Waals surface area contributed by atoms with Crippen LogP contribution in [0.1, 0.15) is 24.1 Å². The van der Waals surface area contributed by atoms with Gasteiger partial charge in [-0.15, -0.1) is 35.3 Å². The molecule has 1 aliphatic rings. The molecule has 1 fully saturated rings. The number of nitrogens with zero attached hydrogens (tertiary/aromatic N) is 3. The Morgan fingerprint density at radius 3 is 2.77 bits per heavy atom. The van der Waals surface area contributed by atoms with E-state index in [4.69, 9.17) is 4.98 Å². The Hall–Kier alpha value is -1.88. The van der Waals surface area contributed by atoms with E-state index in [1.165, 1.54) is 30.5 Å². The van der Waals surface area contributed by atoms with E-state index >= 15 is 0 Å². The number of rotatable bonds is 7. The van der Waals surface area contributed by atoms with Crippen LogP contribution in [-0.2, 0) is 12.8 Å². The summed E-state index contributed by atoms with van der Waals surface area (Å²) in [7, 11) is 1.78. The molecule has 0 amide bonds. The summed E-state index contributed by atoms with van der Waals surface area (Å²) >= 11 is 1.74. The van der Waals surface area contributed by atoms with Gasteiger partial charge in [0, 0.05) is 62.1 Å². The predicted octanol–water partition coefficient (Wildman–Crippen LogP) is 3.93. The number of benzene rings is 1. The maximum absolute atomic E-state index is 13.3. The minimum atomic E-state index is -0.221. The third kappa shape index (κ3) is 5.63. The van der Waals surface area contributed by atoms with Crippen LogP contribution < -0.4 is 15.5 Å². The summed E-state index contributed by atoms with van der Waals surface area (Å²) in [6, 6.07) is 4.86. The van der Waals surface area contributed by atoms with Crippen LogP contribution in [-0.4, -0.2) is 49.2 Å². The number of fused-ring (bicyclic) bond motifs is 1. The van der Waals surface area contributed by atoms with Gasteiger partial charge in [0.2, 0.25) is 0 Å². The monoisotopic (exact) mass is 542 g/mol. The normalized spacial score (nSPS) is 14.2. The first-order chi connectivity index (χ1) is 14.2. The van der Waals surface area contributed by atoms with Crippen molar-refractivity contribution in [3.63, 3.8) is 0 Å². The fraction of sp³-hybridized carbons (Fsp3) is 0.429. The van der Waals surface area contributed by atoms with Crippen LogP contribution in [0.3, 0.4) is 0 Å². The molecule has 1 aliphatic heterocycles. The highest BCUT2D eigenvalue weighted by atomic mass is 127. The summed E-state index contributed by atoms with van der Waals surface area (Å²) in [5.41, 5.74) is 3.13. The highest BCUT2D eigenvalue weighted by molar-refractivity contribution is 14.0. The predicted molar refractivity (Wildman–Crippen MR) is 134 cm³/mol. The number of halogens is 2. The molecular formula is C21H28FIN6S. The van der Waals surface area contributed by atoms with Crippen LogP contribution in [0.5, 0.6) is 0 Å². The topological polar surface area (TPSA) is 68.3 Å². The van der Waals surface area contributed by atoms with E-state index in [0.717, 1.165) is 66.7 Å². The fourth-order valence-electron chi connectivity index (χ4n) is 3.68. The molecule has 0 atom stereocenters. The number of hydrogen-bond acceptors (Lipinski definition) is 4. The van der Waals surface area contributed by atoms with Gasteiger partial charge in [-0.05, 0) is 43.0 Å². The highest BCUT2D eigenvalue weighted by Crippen LogP contribution is 2.24. The van der Waals surface area contributed by atoms with Gasteiger partial charge in [-0.1, -0.05) is 0 Å². The van der Waals surface area contributed by atoms with Crippen molar-refractivity contribution in [2.75, 3.05) is 38.1 Å². The van der Waals surface area contributed by atoms with Crippen LogP contribution in [0, 0.1) is 5.82 Å². The van der Waals surface area contributed by atoms with E-state index in [2.05, 4.69) is 30.9 Å². The highest BCUT2D eigenvalue weighted by Gasteiger charge is 2.15. The average Bonchev–Trinajstić information content (AvgIpc) is 3.47. The molecule has 1 saturated heterocycles. The van der Waals surface area contributed by atoms with Crippen molar-refractivity contribution in [2.45, 2.75) is 25.7 Å². The van der Waals surface area contributed by atoms with Crippen molar-refractivity contribution < 1.29 is 4.39 Å². The van der Waals surface area contributed by atoms with Crippen LogP contribution in [0.25, 0.3) is 10.9 Å². The van der Waals surface area contributed by atoms with Gasteiger partial charge in [0.05, 0.1) is 5.69 Å². The van der Waals surface area contributed by atoms with Crippen molar-refractivity contribution in [3.8, 4) is 0 Å². The first-order valence-electron chi connectivity index (χ1n) is 10.1. The first-order valence-corrected chi connectivity index (χ1v) is 11.0. The molecule has 0 spiro atoms. The molecule has 6 nitrogen and oxygen atoms in total. The smallest absolute Gasteiger partial charge is 0.190 e. The summed E-state index contributed by atoms with van der Waals surface area (Å²) in [5, 5.41) is 11.1. The molecule has 30 heavy (non-hydrogen) atoms. The Morgan fingerprint density at radius 1 is 1.23 bits per heavy atom. The lowest BCUT2D eigenvalue weighted by atomic mass is 10.1. The molecule has 3 aromatic rings. The zero-order valence-electron chi connectivity index (χ0n) is 17.1. The molecule has 3 N–H and O–H groups in total. The lowest BCUT2D eigenvalue weighted by Gasteiger charge is -2.12. The summed E-state index contributed by atoms with van der Waals surface area (Å²) in [6.07, 6.45) is 6.20. The maximum atomic E-state index is 13.3. The quantitative estimate of drug-likeness (QED) is 0.241. The summed E-state index contributed by atoms with van der Waals surface area (Å²) in [4.78, 5) is 14.6. The lowest BCUT2D eigenvalue weighted by molar-refractivity contribution is 0.629. The van der Waals surface area contributed by atoms with E-state index in [-0.39, 0.29) is 29.8 Å². The molecule has 4 rings (SSSR count). The second-order valence-electron chi connectivity index (χ2n) is 7.25. The lowest BCUT2D eigenvalue weighted by Crippen LogP contribution is -2.39. The second-order valence-corrected chi connectivity index (χ2v) is 8.08. The number of aliphatic imine (C=N–C) groups is 1. The molecule has 0 radical (unpaired) electrons. The third-order valence-corrected chi connectivity index (χ3v) is 6.18. The fourth-order valence-corrected chi connectivity index (χ4v) is 4.59. The number of nitrogens with one attached hydrogen (secondary N) is 3. The van der Waals surface area contributed by atoms with E-state index < -0.39 is 0 Å². The molecule has 162 valence electrons. The van der Waals surface area contributed by atoms with Crippen molar-refractivity contribution in [3.05, 3.63) is 46.9 Å². The van der Waals surface area contributed by atoms with Gasteiger partial charge in [0.1, 0.15) is 5.82 Å². The zero-order chi connectivity index (χ0) is 20.1. The Bertz CT molecular complexity index is 979. The Balaban J connectivity index is 0.00000256. The Labute approximate surface area is 197 Å². The van der Waals surface area contributed by atoms with E-state index in [1.807, 2.05) is 12.3 Å². The number of thiazole rings is 1. The third-order valence-electron chi connectivity index (χ3n) is 5.23. The molecular weight excluding hydrogens is 514 g/mol. The number of anilines is 1.